The molecule has 1 aromatic heterocycles. The van der Waals surface area contributed by atoms with Crippen molar-refractivity contribution >= 4 is 23.2 Å². The van der Waals surface area contributed by atoms with Gasteiger partial charge in [0.15, 0.2) is 0 Å². The van der Waals surface area contributed by atoms with Gasteiger partial charge in [0.1, 0.15) is 0 Å². The Bertz CT molecular complexity index is 716. The van der Waals surface area contributed by atoms with Crippen LogP contribution in [0.25, 0.3) is 0 Å². The Hall–Kier alpha value is -2.47. The average molecular weight is 320 g/mol. The van der Waals surface area contributed by atoms with Gasteiger partial charge in [0.05, 0.1) is 10.5 Å². The summed E-state index contributed by atoms with van der Waals surface area (Å²) in [6, 6.07) is 7.61. The first-order chi connectivity index (χ1) is 10.4. The van der Waals surface area contributed by atoms with Crippen LogP contribution in [0.3, 0.4) is 0 Å². The van der Waals surface area contributed by atoms with E-state index < -0.39 is 4.92 Å². The van der Waals surface area contributed by atoms with Gasteiger partial charge in [-0.25, -0.2) is 0 Å². The predicted octanol–water partition coefficient (Wildman–Crippen LogP) is 3.22. The fourth-order valence-corrected chi connectivity index (χ4v) is 2.12. The molecule has 0 aliphatic heterocycles. The van der Waals surface area contributed by atoms with Crippen LogP contribution in [0.4, 0.5) is 5.69 Å². The average Bonchev–Trinajstić information content (AvgIpc) is 2.49. The lowest BCUT2D eigenvalue weighted by atomic mass is 10.1. The molecular formula is C15H14ClN3O3. The summed E-state index contributed by atoms with van der Waals surface area (Å²) in [6.07, 6.45) is 1.50. The highest BCUT2D eigenvalue weighted by Gasteiger charge is 2.16. The Morgan fingerprint density at radius 2 is 2.09 bits per heavy atom. The van der Waals surface area contributed by atoms with Crippen molar-refractivity contribution in [1.29, 1.82) is 0 Å². The van der Waals surface area contributed by atoms with Crippen LogP contribution in [0.2, 0.25) is 5.02 Å². The number of aromatic nitrogens is 1. The van der Waals surface area contributed by atoms with E-state index in [0.717, 1.165) is 5.69 Å². The quantitative estimate of drug-likeness (QED) is 0.640. The van der Waals surface area contributed by atoms with E-state index in [-0.39, 0.29) is 18.1 Å². The van der Waals surface area contributed by atoms with Crippen molar-refractivity contribution in [3.05, 3.63) is 68.5 Å². The van der Waals surface area contributed by atoms with Gasteiger partial charge in [0.2, 0.25) is 0 Å². The molecule has 1 amide bonds. The van der Waals surface area contributed by atoms with Gasteiger partial charge in [0.25, 0.3) is 11.6 Å². The summed E-state index contributed by atoms with van der Waals surface area (Å²) in [5, 5.41) is 11.2. The van der Waals surface area contributed by atoms with Gasteiger partial charge in [0, 0.05) is 42.6 Å². The molecule has 22 heavy (non-hydrogen) atoms. The topological polar surface area (TPSA) is 76.3 Å². The molecule has 6 nitrogen and oxygen atoms in total. The van der Waals surface area contributed by atoms with E-state index in [1.807, 2.05) is 6.92 Å². The van der Waals surface area contributed by atoms with Gasteiger partial charge in [-0.15, -0.1) is 0 Å². The van der Waals surface area contributed by atoms with Crippen molar-refractivity contribution < 1.29 is 9.72 Å². The van der Waals surface area contributed by atoms with Crippen molar-refractivity contribution in [2.45, 2.75) is 13.5 Å². The minimum atomic E-state index is -0.495. The molecule has 0 bridgehead atoms. The Labute approximate surface area is 132 Å². The molecule has 114 valence electrons. The first-order valence-electron chi connectivity index (χ1n) is 6.49. The first kappa shape index (κ1) is 15.9. The van der Waals surface area contributed by atoms with E-state index in [1.165, 1.54) is 29.3 Å². The van der Waals surface area contributed by atoms with Crippen molar-refractivity contribution in [3.63, 3.8) is 0 Å². The van der Waals surface area contributed by atoms with Crippen molar-refractivity contribution in [2.24, 2.45) is 0 Å². The third kappa shape index (κ3) is 3.59. The Kier molecular flexibility index (Phi) is 4.72. The first-order valence-corrected chi connectivity index (χ1v) is 6.87. The number of rotatable bonds is 4. The molecule has 0 fully saturated rings. The highest BCUT2D eigenvalue weighted by atomic mass is 35.5. The number of benzene rings is 1. The fraction of sp³-hybridized carbons (Fsp3) is 0.200. The summed E-state index contributed by atoms with van der Waals surface area (Å²) >= 11 is 6.04. The molecule has 2 aromatic rings. The highest BCUT2D eigenvalue weighted by Crippen LogP contribution is 2.23. The zero-order valence-corrected chi connectivity index (χ0v) is 12.9. The zero-order chi connectivity index (χ0) is 16.3. The second-order valence-corrected chi connectivity index (χ2v) is 5.29. The maximum Gasteiger partial charge on any atom is 0.269 e. The molecule has 1 heterocycles. The number of aryl methyl sites for hydroxylation is 1. The van der Waals surface area contributed by atoms with Crippen LogP contribution in [-0.2, 0) is 6.54 Å². The number of nitrogens with zero attached hydrogens (tertiary/aromatic N) is 3. The summed E-state index contributed by atoms with van der Waals surface area (Å²) < 4.78 is 0. The number of hydrogen-bond donors (Lipinski definition) is 0. The van der Waals surface area contributed by atoms with Crippen LogP contribution >= 0.6 is 11.6 Å². The van der Waals surface area contributed by atoms with Crippen molar-refractivity contribution in [2.75, 3.05) is 7.05 Å². The molecule has 0 atom stereocenters. The number of carbonyl (C=O) groups excluding carboxylic acids is 1. The third-order valence-corrected chi connectivity index (χ3v) is 3.52. The van der Waals surface area contributed by atoms with E-state index in [2.05, 4.69) is 4.98 Å². The van der Waals surface area contributed by atoms with Gasteiger partial charge >= 0.3 is 0 Å². The largest absolute Gasteiger partial charge is 0.337 e. The number of pyridine rings is 1. The van der Waals surface area contributed by atoms with E-state index in [9.17, 15) is 14.9 Å². The van der Waals surface area contributed by atoms with Gasteiger partial charge < -0.3 is 4.90 Å². The Balaban J connectivity index is 2.19. The summed E-state index contributed by atoms with van der Waals surface area (Å²) in [6.45, 7) is 2.01. The molecule has 1 aromatic carbocycles. The summed E-state index contributed by atoms with van der Waals surface area (Å²) in [5.41, 5.74) is 1.74. The summed E-state index contributed by atoms with van der Waals surface area (Å²) in [4.78, 5) is 28.1. The maximum absolute atomic E-state index is 12.3. The van der Waals surface area contributed by atoms with Gasteiger partial charge in [-0.2, -0.15) is 0 Å². The van der Waals surface area contributed by atoms with Crippen LogP contribution in [0, 0.1) is 17.0 Å². The Morgan fingerprint density at radius 3 is 2.68 bits per heavy atom. The lowest BCUT2D eigenvalue weighted by Crippen LogP contribution is -2.26. The number of hydrogen-bond acceptors (Lipinski definition) is 4. The van der Waals surface area contributed by atoms with E-state index >= 15 is 0 Å². The summed E-state index contributed by atoms with van der Waals surface area (Å²) in [5.74, 6) is -0.227. The third-order valence-electron chi connectivity index (χ3n) is 3.15. The lowest BCUT2D eigenvalue weighted by molar-refractivity contribution is -0.384. The van der Waals surface area contributed by atoms with Gasteiger partial charge in [-0.3, -0.25) is 19.9 Å². The number of halogens is 1. The van der Waals surface area contributed by atoms with Gasteiger partial charge in [-0.1, -0.05) is 11.6 Å². The predicted molar refractivity (Wildman–Crippen MR) is 82.9 cm³/mol. The Morgan fingerprint density at radius 1 is 1.36 bits per heavy atom. The molecule has 7 heteroatoms. The number of amides is 1. The number of carbonyl (C=O) groups is 1. The van der Waals surface area contributed by atoms with Crippen molar-refractivity contribution in [1.82, 2.24) is 9.88 Å². The summed E-state index contributed by atoms with van der Waals surface area (Å²) in [7, 11) is 1.61. The molecule has 0 saturated carbocycles. The zero-order valence-electron chi connectivity index (χ0n) is 12.1. The van der Waals surface area contributed by atoms with Gasteiger partial charge in [-0.05, 0) is 30.7 Å². The second-order valence-electron chi connectivity index (χ2n) is 4.88. The molecule has 2 rings (SSSR count). The monoisotopic (exact) mass is 319 g/mol. The minimum absolute atomic E-state index is 0.0581. The molecule has 0 aliphatic carbocycles. The van der Waals surface area contributed by atoms with Crippen LogP contribution in [0.1, 0.15) is 21.6 Å². The minimum Gasteiger partial charge on any atom is -0.337 e. The maximum atomic E-state index is 12.3. The molecule has 0 N–H and O–H groups in total. The van der Waals surface area contributed by atoms with Crippen molar-refractivity contribution in [3.8, 4) is 0 Å². The second kappa shape index (κ2) is 6.53. The smallest absolute Gasteiger partial charge is 0.269 e. The molecular weight excluding hydrogens is 306 g/mol. The van der Waals surface area contributed by atoms with E-state index in [4.69, 9.17) is 11.6 Å². The fourth-order valence-electron chi connectivity index (χ4n) is 1.94. The van der Waals surface area contributed by atoms with E-state index in [0.29, 0.717) is 16.1 Å². The SMILES string of the molecule is Cc1ccc(C(=O)N(C)Cc2cc([N+](=O)[O-])ccc2Cl)cn1. The number of nitro benzene ring substituents is 1. The molecule has 0 saturated heterocycles. The molecule has 0 spiro atoms. The normalized spacial score (nSPS) is 10.3. The van der Waals surface area contributed by atoms with E-state index in [1.54, 1.807) is 19.2 Å². The van der Waals surface area contributed by atoms with Crippen LogP contribution < -0.4 is 0 Å². The van der Waals surface area contributed by atoms with Crippen LogP contribution in [0.15, 0.2) is 36.5 Å². The molecule has 0 radical (unpaired) electrons. The standard InChI is InChI=1S/C15H14ClN3O3/c1-10-3-4-11(8-17-10)15(20)18(2)9-12-7-13(19(21)22)5-6-14(12)16/h3-8H,9H2,1-2H3. The molecule has 0 aliphatic rings. The number of non-ortho nitro benzene ring substituents is 1. The van der Waals surface area contributed by atoms with Crippen LogP contribution in [-0.4, -0.2) is 27.8 Å². The molecule has 0 unspecified atom stereocenters. The lowest BCUT2D eigenvalue weighted by Gasteiger charge is -2.18. The van der Waals surface area contributed by atoms with Crippen LogP contribution in [0.5, 0.6) is 0 Å². The highest BCUT2D eigenvalue weighted by molar-refractivity contribution is 6.31. The number of nitro groups is 1.